The Hall–Kier alpha value is -7.27. The molecule has 0 saturated heterocycles. The number of nitrogens with zero attached hydrogens (tertiary/aromatic N) is 5. The van der Waals surface area contributed by atoms with Gasteiger partial charge in [0.25, 0.3) is 23.6 Å². The van der Waals surface area contributed by atoms with Crippen molar-refractivity contribution in [1.29, 1.82) is 0 Å². The number of Topliss-reactive ketones (excluding diaryl/α,β-unsaturated/α-hetero) is 4. The van der Waals surface area contributed by atoms with E-state index in [1.165, 1.54) is 29.2 Å². The highest BCUT2D eigenvalue weighted by Crippen LogP contribution is 2.08. The van der Waals surface area contributed by atoms with Gasteiger partial charge < -0.3 is 36.1 Å². The summed E-state index contributed by atoms with van der Waals surface area (Å²) in [4.78, 5) is 160. The number of hydrogen-bond donors (Lipinski definition) is 5. The largest absolute Gasteiger partial charge is 0.379 e. The van der Waals surface area contributed by atoms with Gasteiger partial charge in [-0.05, 0) is 18.4 Å². The summed E-state index contributed by atoms with van der Waals surface area (Å²) in [5.41, 5.74) is 7.89. The number of imide groups is 2. The molecule has 400 valence electrons. The molecule has 0 radical (unpaired) electrons. The van der Waals surface area contributed by atoms with Gasteiger partial charge in [0.2, 0.25) is 29.5 Å². The fourth-order valence-electron chi connectivity index (χ4n) is 4.90. The minimum atomic E-state index is -0.438. The number of hydrogen-bond acceptors (Lipinski definition) is 16. The molecule has 0 aromatic rings. The molecule has 72 heavy (non-hydrogen) atoms. The second kappa shape index (κ2) is 39.5. The van der Waals surface area contributed by atoms with Crippen molar-refractivity contribution in [2.24, 2.45) is 28.8 Å². The molecule has 2 aliphatic heterocycles. The first-order valence-corrected chi connectivity index (χ1v) is 23.4. The highest BCUT2D eigenvalue weighted by atomic mass is 16.5. The molecule has 5 N–H and O–H groups in total. The smallest absolute Gasteiger partial charge is 0.253 e. The summed E-state index contributed by atoms with van der Waals surface area (Å²) in [6.07, 6.45) is 7.82. The monoisotopic (exact) mass is 1020 g/mol. The maximum absolute atomic E-state index is 11.7. The number of amides is 9. The predicted molar refractivity (Wildman–Crippen MR) is 259 cm³/mol. The van der Waals surface area contributed by atoms with Gasteiger partial charge in [-0.25, -0.2) is 0 Å². The number of carbonyl (C=O) groups is 14. The van der Waals surface area contributed by atoms with Gasteiger partial charge in [0.1, 0.15) is 12.8 Å². The van der Waals surface area contributed by atoms with Crippen LogP contribution >= 0.6 is 0 Å². The Balaban J connectivity index is 0. The fraction of sp³-hybridized carbons (Fsp3) is 0.617. The Labute approximate surface area is 419 Å². The molecular formula is C47H72N10O15. The van der Waals surface area contributed by atoms with Gasteiger partial charge in [0, 0.05) is 91.8 Å². The van der Waals surface area contributed by atoms with Gasteiger partial charge in [-0.15, -0.1) is 0 Å². The zero-order valence-electron chi connectivity index (χ0n) is 42.6. The molecule has 2 aliphatic rings. The number of azide groups is 1. The Kier molecular flexibility index (Phi) is 36.6. The third-order valence-corrected chi connectivity index (χ3v) is 9.65. The van der Waals surface area contributed by atoms with Crippen LogP contribution in [0.3, 0.4) is 0 Å². The zero-order chi connectivity index (χ0) is 55.2. The number of rotatable bonds is 31. The lowest BCUT2D eigenvalue weighted by Gasteiger charge is -2.13. The summed E-state index contributed by atoms with van der Waals surface area (Å²) in [5.74, 6) is -3.48. The van der Waals surface area contributed by atoms with Crippen molar-refractivity contribution in [1.82, 2.24) is 36.4 Å². The minimum Gasteiger partial charge on any atom is -0.379 e. The molecule has 0 unspecified atom stereocenters. The predicted octanol–water partition coefficient (Wildman–Crippen LogP) is 0.534. The van der Waals surface area contributed by atoms with Gasteiger partial charge >= 0.3 is 0 Å². The summed E-state index contributed by atoms with van der Waals surface area (Å²) in [5, 5.41) is 15.5. The first-order valence-electron chi connectivity index (χ1n) is 23.4. The maximum atomic E-state index is 11.7. The average Bonchev–Trinajstić information content (AvgIpc) is 3.83. The van der Waals surface area contributed by atoms with E-state index in [0.29, 0.717) is 45.2 Å². The molecule has 0 atom stereocenters. The number of unbranched alkanes of at least 4 members (excludes halogenated alkanes) is 2. The number of carbonyl (C=O) groups excluding carboxylic acids is 14. The van der Waals surface area contributed by atoms with Crippen LogP contribution in [0.25, 0.3) is 10.4 Å². The normalized spacial score (nSPS) is 12.2. The van der Waals surface area contributed by atoms with Crippen LogP contribution in [-0.2, 0) is 71.9 Å². The second-order valence-corrected chi connectivity index (χ2v) is 16.9. The van der Waals surface area contributed by atoms with Crippen LogP contribution in [-0.4, -0.2) is 158 Å². The van der Waals surface area contributed by atoms with Crippen molar-refractivity contribution < 1.29 is 71.9 Å². The fourth-order valence-corrected chi connectivity index (χ4v) is 4.90. The van der Waals surface area contributed by atoms with Crippen molar-refractivity contribution >= 4 is 82.6 Å². The van der Waals surface area contributed by atoms with Crippen LogP contribution in [0.2, 0.25) is 0 Å². The van der Waals surface area contributed by atoms with E-state index in [-0.39, 0.29) is 141 Å². The molecule has 0 fully saturated rings. The Morgan fingerprint density at radius 1 is 0.528 bits per heavy atom. The van der Waals surface area contributed by atoms with Gasteiger partial charge in [-0.2, -0.15) is 0 Å². The van der Waals surface area contributed by atoms with E-state index in [2.05, 4.69) is 36.6 Å². The van der Waals surface area contributed by atoms with Crippen molar-refractivity contribution in [2.75, 3.05) is 65.6 Å². The third-order valence-electron chi connectivity index (χ3n) is 9.65. The summed E-state index contributed by atoms with van der Waals surface area (Å²) in [7, 11) is 0. The van der Waals surface area contributed by atoms with Crippen LogP contribution in [0.15, 0.2) is 29.4 Å². The molecule has 2 heterocycles. The summed E-state index contributed by atoms with van der Waals surface area (Å²) in [6, 6.07) is 0. The van der Waals surface area contributed by atoms with E-state index in [1.54, 1.807) is 55.4 Å². The van der Waals surface area contributed by atoms with Crippen LogP contribution in [0.1, 0.15) is 100 Å². The molecule has 9 amide bonds. The molecule has 0 aromatic heterocycles. The lowest BCUT2D eigenvalue weighted by atomic mass is 10.1. The third kappa shape index (κ3) is 34.1. The number of aldehydes is 1. The van der Waals surface area contributed by atoms with Crippen LogP contribution in [0.5, 0.6) is 0 Å². The standard InChI is InChI=1S/C20H31N3O6.C12H16N2O4.C8H13NO3.C7H12N4O2/c1-15(2)16(24)14-22-18(26)9-12-29-13-10-21-17(25)6-4-3-5-11-23-19(27)7-8-20(23)28;1-8(2)9(15)7-13-10(16)5-6-14-11(17)3-4-12(14)18;1-6(2)7(11)5-9-8(12)3-4-10;1-5(2)6(12)3-9-7(13)4-10-11-8/h7-8,15H,3-6,9-14H2,1-2H3,(H,21,25)(H,22,26);3-4,8H,5-7H2,1-2H3,(H,13,16);4,6H,3,5H2,1-2H3,(H,9,12);5H,3-4H2,1-2H3,(H,9,13). The van der Waals surface area contributed by atoms with Gasteiger partial charge in [-0.1, -0.05) is 66.9 Å². The number of nitrogens with one attached hydrogen (secondary N) is 5. The van der Waals surface area contributed by atoms with Crippen LogP contribution in [0.4, 0.5) is 0 Å². The first kappa shape index (κ1) is 66.8. The molecule has 25 nitrogen and oxygen atoms in total. The van der Waals surface area contributed by atoms with Gasteiger partial charge in [-0.3, -0.25) is 72.1 Å². The lowest BCUT2D eigenvalue weighted by molar-refractivity contribution is -0.138. The number of ketones is 4. The van der Waals surface area contributed by atoms with E-state index >= 15 is 0 Å². The molecule has 0 spiro atoms. The Morgan fingerprint density at radius 2 is 0.917 bits per heavy atom. The molecule has 0 bridgehead atoms. The van der Waals surface area contributed by atoms with E-state index in [4.69, 9.17) is 10.3 Å². The van der Waals surface area contributed by atoms with E-state index in [0.717, 1.165) is 11.3 Å². The second-order valence-electron chi connectivity index (χ2n) is 16.9. The maximum Gasteiger partial charge on any atom is 0.253 e. The molecular weight excluding hydrogens is 945 g/mol. The summed E-state index contributed by atoms with van der Waals surface area (Å²) in [6.45, 7) is 15.1. The van der Waals surface area contributed by atoms with Crippen LogP contribution < -0.4 is 26.6 Å². The minimum absolute atomic E-state index is 0.00253. The van der Waals surface area contributed by atoms with Crippen molar-refractivity contribution in [3.05, 3.63) is 34.7 Å². The van der Waals surface area contributed by atoms with E-state index < -0.39 is 23.6 Å². The quantitative estimate of drug-likeness (QED) is 0.0120. The van der Waals surface area contributed by atoms with Crippen LogP contribution in [0, 0.1) is 23.7 Å². The molecule has 0 saturated carbocycles. The van der Waals surface area contributed by atoms with Crippen molar-refractivity contribution in [2.45, 2.75) is 100 Å². The molecule has 2 rings (SSSR count). The lowest BCUT2D eigenvalue weighted by Crippen LogP contribution is -2.36. The summed E-state index contributed by atoms with van der Waals surface area (Å²) < 4.78 is 5.29. The van der Waals surface area contributed by atoms with E-state index in [9.17, 15) is 67.1 Å². The SMILES string of the molecule is CC(C)C(=O)CNC(=O)CC=O.CC(C)C(=O)CNC(=O)CCN1C(=O)C=CC1=O.CC(C)C(=O)CNC(=O)CCOCCNC(=O)CCCCCN1C(=O)C=CC1=O.CC(C)C(=O)CNC(=O)CN=[N+]=[N-]. The average molecular weight is 1020 g/mol. The Bertz CT molecular complexity index is 1970. The van der Waals surface area contributed by atoms with Gasteiger partial charge in [0.05, 0.1) is 45.8 Å². The first-order chi connectivity index (χ1) is 33.9. The zero-order valence-corrected chi connectivity index (χ0v) is 42.6. The van der Waals surface area contributed by atoms with Gasteiger partial charge in [0.15, 0.2) is 23.1 Å². The topological polar surface area (TPSA) is 364 Å². The summed E-state index contributed by atoms with van der Waals surface area (Å²) >= 11 is 0. The Morgan fingerprint density at radius 3 is 1.33 bits per heavy atom. The number of ether oxygens (including phenoxy) is 1. The van der Waals surface area contributed by atoms with Crippen molar-refractivity contribution in [3.63, 3.8) is 0 Å². The highest BCUT2D eigenvalue weighted by Gasteiger charge is 2.24. The molecule has 0 aliphatic carbocycles. The van der Waals surface area contributed by atoms with E-state index in [1.807, 2.05) is 0 Å². The highest BCUT2D eigenvalue weighted by molar-refractivity contribution is 6.13. The van der Waals surface area contributed by atoms with Crippen molar-refractivity contribution in [3.8, 4) is 0 Å². The molecule has 0 aromatic carbocycles. The molecule has 25 heteroatoms.